The number of hydrogen-bond acceptors (Lipinski definition) is 7. The van der Waals surface area contributed by atoms with E-state index in [4.69, 9.17) is 4.74 Å². The van der Waals surface area contributed by atoms with Crippen molar-refractivity contribution in [2.24, 2.45) is 0 Å². The smallest absolute Gasteiger partial charge is 0.325 e. The Balaban J connectivity index is 1.58. The lowest BCUT2D eigenvalue weighted by Gasteiger charge is -2.40. The van der Waals surface area contributed by atoms with Crippen molar-refractivity contribution in [2.75, 3.05) is 13.7 Å². The van der Waals surface area contributed by atoms with Crippen LogP contribution in [0.3, 0.4) is 0 Å². The van der Waals surface area contributed by atoms with Gasteiger partial charge < -0.3 is 19.9 Å². The maximum Gasteiger partial charge on any atom is 0.325 e. The average molecular weight is 378 g/mol. The van der Waals surface area contributed by atoms with Gasteiger partial charge in [0.05, 0.1) is 25.1 Å². The number of nitrogens with zero attached hydrogens (tertiary/aromatic N) is 3. The van der Waals surface area contributed by atoms with Gasteiger partial charge in [0.25, 0.3) is 0 Å². The summed E-state index contributed by atoms with van der Waals surface area (Å²) >= 11 is 0. The second-order valence-corrected chi connectivity index (χ2v) is 7.35. The van der Waals surface area contributed by atoms with E-state index in [1.165, 1.54) is 0 Å². The maximum absolute atomic E-state index is 12.8. The Labute approximate surface area is 159 Å². The first-order chi connectivity index (χ1) is 13.0. The van der Waals surface area contributed by atoms with Crippen LogP contribution in [0, 0.1) is 0 Å². The van der Waals surface area contributed by atoms with E-state index in [1.807, 2.05) is 29.7 Å². The molecule has 2 aliphatic heterocycles. The fraction of sp³-hybridized carbons (Fsp3) is 0.722. The summed E-state index contributed by atoms with van der Waals surface area (Å²) in [5.41, 5.74) is 3.26. The lowest BCUT2D eigenvalue weighted by molar-refractivity contribution is -0.147. The van der Waals surface area contributed by atoms with Gasteiger partial charge in [-0.05, 0) is 39.5 Å². The molecule has 0 radical (unpaired) electrons. The summed E-state index contributed by atoms with van der Waals surface area (Å²) in [5.74, 6) is -0.384. The van der Waals surface area contributed by atoms with Gasteiger partial charge in [0, 0.05) is 25.5 Å². The van der Waals surface area contributed by atoms with Crippen molar-refractivity contribution in [3.8, 4) is 0 Å². The van der Waals surface area contributed by atoms with Crippen LogP contribution < -0.4 is 16.1 Å². The third-order valence-corrected chi connectivity index (χ3v) is 5.35. The van der Waals surface area contributed by atoms with Gasteiger partial charge in [-0.25, -0.2) is 15.4 Å². The molecule has 2 saturated heterocycles. The first kappa shape index (κ1) is 19.8. The number of aromatic nitrogens is 2. The first-order valence-corrected chi connectivity index (χ1v) is 9.69. The molecule has 0 spiro atoms. The molecule has 0 saturated carbocycles. The second kappa shape index (κ2) is 8.81. The fourth-order valence-corrected chi connectivity index (χ4v) is 3.90. The normalized spacial score (nSPS) is 32.0. The van der Waals surface area contributed by atoms with Gasteiger partial charge in [-0.15, -0.1) is 0 Å². The van der Waals surface area contributed by atoms with Crippen LogP contribution in [-0.2, 0) is 14.3 Å². The summed E-state index contributed by atoms with van der Waals surface area (Å²) < 4.78 is 7.19. The Morgan fingerprint density at radius 2 is 2.11 bits per heavy atom. The Kier molecular flexibility index (Phi) is 6.46. The van der Waals surface area contributed by atoms with Crippen molar-refractivity contribution in [3.05, 3.63) is 18.7 Å². The highest BCUT2D eigenvalue weighted by molar-refractivity contribution is 5.84. The van der Waals surface area contributed by atoms with E-state index >= 15 is 0 Å². The Morgan fingerprint density at radius 3 is 2.78 bits per heavy atom. The predicted octanol–water partition coefficient (Wildman–Crippen LogP) is 0.169. The molecule has 2 aliphatic rings. The molecule has 1 aromatic rings. The Bertz CT molecular complexity index is 637. The number of imidazole rings is 1. The number of hydrogen-bond donors (Lipinski definition) is 3. The summed E-state index contributed by atoms with van der Waals surface area (Å²) in [4.78, 5) is 29.2. The number of carbonyl (C=O) groups is 2. The van der Waals surface area contributed by atoms with Crippen molar-refractivity contribution in [1.82, 2.24) is 30.6 Å². The summed E-state index contributed by atoms with van der Waals surface area (Å²) in [6.45, 7) is 4.16. The van der Waals surface area contributed by atoms with E-state index in [9.17, 15) is 9.59 Å². The highest BCUT2D eigenvalue weighted by Crippen LogP contribution is 2.23. The second-order valence-electron chi connectivity index (χ2n) is 7.35. The zero-order valence-corrected chi connectivity index (χ0v) is 16.2. The van der Waals surface area contributed by atoms with E-state index in [0.29, 0.717) is 13.0 Å². The fourth-order valence-electron chi connectivity index (χ4n) is 3.90. The van der Waals surface area contributed by atoms with Gasteiger partial charge in [-0.2, -0.15) is 0 Å². The van der Waals surface area contributed by atoms with Crippen LogP contribution in [0.4, 0.5) is 0 Å². The SMILES string of the molecule is CCOC(=O)C1NC(C)CCC1NC(=O)C1CCC(n2ccnc2)N(C)N1. The monoisotopic (exact) mass is 378 g/mol. The van der Waals surface area contributed by atoms with E-state index in [0.717, 1.165) is 19.3 Å². The predicted molar refractivity (Wildman–Crippen MR) is 99.4 cm³/mol. The lowest BCUT2D eigenvalue weighted by atomic mass is 9.93. The van der Waals surface area contributed by atoms with E-state index < -0.39 is 6.04 Å². The molecule has 3 rings (SSSR count). The molecule has 9 nitrogen and oxygen atoms in total. The number of esters is 1. The van der Waals surface area contributed by atoms with E-state index in [-0.39, 0.29) is 36.2 Å². The van der Waals surface area contributed by atoms with Gasteiger partial charge in [0.1, 0.15) is 12.1 Å². The van der Waals surface area contributed by atoms with Crippen LogP contribution in [0.2, 0.25) is 0 Å². The van der Waals surface area contributed by atoms with Gasteiger partial charge >= 0.3 is 5.97 Å². The molecule has 5 unspecified atom stereocenters. The molecule has 0 aromatic carbocycles. The summed E-state index contributed by atoms with van der Waals surface area (Å²) in [7, 11) is 1.93. The Morgan fingerprint density at radius 1 is 1.30 bits per heavy atom. The molecule has 0 aliphatic carbocycles. The molecule has 3 N–H and O–H groups in total. The number of piperidine rings is 1. The van der Waals surface area contributed by atoms with Crippen molar-refractivity contribution >= 4 is 11.9 Å². The molecular weight excluding hydrogens is 348 g/mol. The van der Waals surface area contributed by atoms with Crippen LogP contribution in [0.25, 0.3) is 0 Å². The summed E-state index contributed by atoms with van der Waals surface area (Å²) in [6, 6.07) is -0.858. The van der Waals surface area contributed by atoms with Crippen LogP contribution >= 0.6 is 0 Å². The lowest BCUT2D eigenvalue weighted by Crippen LogP contribution is -2.63. The molecule has 1 aromatic heterocycles. The quantitative estimate of drug-likeness (QED) is 0.628. The van der Waals surface area contributed by atoms with Crippen LogP contribution in [0.5, 0.6) is 0 Å². The number of carbonyl (C=O) groups excluding carboxylic acids is 2. The third kappa shape index (κ3) is 4.66. The van der Waals surface area contributed by atoms with Crippen molar-refractivity contribution in [2.45, 2.75) is 69.9 Å². The molecule has 2 fully saturated rings. The van der Waals surface area contributed by atoms with E-state index in [1.54, 1.807) is 19.4 Å². The summed E-state index contributed by atoms with van der Waals surface area (Å²) in [5, 5.41) is 8.27. The number of rotatable bonds is 5. The molecule has 3 heterocycles. The average Bonchev–Trinajstić information content (AvgIpc) is 3.17. The first-order valence-electron chi connectivity index (χ1n) is 9.69. The molecule has 27 heavy (non-hydrogen) atoms. The standard InChI is InChI=1S/C18H30N6O3/c1-4-27-18(26)16-13(6-5-12(2)20-16)21-17(25)14-7-8-15(23(3)22-14)24-10-9-19-11-24/h9-16,20,22H,4-8H2,1-3H3,(H,21,25). The highest BCUT2D eigenvalue weighted by atomic mass is 16.5. The Hall–Kier alpha value is -1.97. The number of amides is 1. The highest BCUT2D eigenvalue weighted by Gasteiger charge is 2.37. The third-order valence-electron chi connectivity index (χ3n) is 5.35. The molecule has 1 amide bonds. The van der Waals surface area contributed by atoms with Crippen molar-refractivity contribution in [1.29, 1.82) is 0 Å². The largest absolute Gasteiger partial charge is 0.465 e. The van der Waals surface area contributed by atoms with E-state index in [2.05, 4.69) is 21.0 Å². The van der Waals surface area contributed by atoms with Crippen molar-refractivity contribution < 1.29 is 14.3 Å². The zero-order valence-electron chi connectivity index (χ0n) is 16.2. The number of nitrogens with one attached hydrogen (secondary N) is 3. The van der Waals surface area contributed by atoms with Gasteiger partial charge in [-0.3, -0.25) is 9.59 Å². The molecule has 9 heteroatoms. The van der Waals surface area contributed by atoms with Gasteiger partial charge in [-0.1, -0.05) is 0 Å². The zero-order chi connectivity index (χ0) is 19.4. The van der Waals surface area contributed by atoms with Crippen molar-refractivity contribution in [3.63, 3.8) is 0 Å². The minimum atomic E-state index is -0.502. The maximum atomic E-state index is 12.8. The van der Waals surface area contributed by atoms with Gasteiger partial charge in [0.2, 0.25) is 5.91 Å². The van der Waals surface area contributed by atoms with Crippen LogP contribution in [-0.4, -0.2) is 64.3 Å². The summed E-state index contributed by atoms with van der Waals surface area (Å²) in [6.07, 6.45) is 8.77. The topological polar surface area (TPSA) is 101 Å². The molecule has 5 atom stereocenters. The minimum absolute atomic E-state index is 0.0819. The van der Waals surface area contributed by atoms with Gasteiger partial charge in [0.15, 0.2) is 0 Å². The number of ether oxygens (including phenoxy) is 1. The molecule has 0 bridgehead atoms. The minimum Gasteiger partial charge on any atom is -0.465 e. The van der Waals surface area contributed by atoms with Crippen LogP contribution in [0.1, 0.15) is 45.7 Å². The molecule has 150 valence electrons. The molecular formula is C18H30N6O3. The van der Waals surface area contributed by atoms with Crippen LogP contribution in [0.15, 0.2) is 18.7 Å². The number of hydrazine groups is 1.